The third kappa shape index (κ3) is 15.0. The molecular formula is C42H63N9O12S. The fourth-order valence-electron chi connectivity index (χ4n) is 7.74. The minimum atomic E-state index is -1.35. The average molecular weight is 918 g/mol. The zero-order valence-electron chi connectivity index (χ0n) is 36.5. The van der Waals surface area contributed by atoms with Gasteiger partial charge in [-0.3, -0.25) is 23.7 Å². The number of hydrogen-bond acceptors (Lipinski definition) is 18. The number of pyridine rings is 1. The second-order valence-electron chi connectivity index (χ2n) is 16.6. The van der Waals surface area contributed by atoms with Gasteiger partial charge in [0, 0.05) is 75.5 Å². The fraction of sp³-hybridized carbons (Fsp3) is 0.738. The van der Waals surface area contributed by atoms with Gasteiger partial charge in [-0.15, -0.1) is 0 Å². The number of rotatable bonds is 31. The van der Waals surface area contributed by atoms with E-state index < -0.39 is 42.1 Å². The SMILES string of the molecule is CC1(CCC(=O)O[C@@H]2[C@@H](O)[C@H](n3cnc4c(N)ccnc43)O[C@@H]2COC(=O)CCCC(=O)NCCCOCCOCCOCCCCC(=O)CCCC[C@H]2SC[C@H]3NC(=O)N[C@H]32)N=N1. The van der Waals surface area contributed by atoms with Crippen LogP contribution in [0.25, 0.3) is 11.2 Å². The molecule has 0 unspecified atom stereocenters. The second kappa shape index (κ2) is 24.7. The van der Waals surface area contributed by atoms with Crippen LogP contribution in [0.2, 0.25) is 0 Å². The van der Waals surface area contributed by atoms with Crippen molar-refractivity contribution in [3.63, 3.8) is 0 Å². The summed E-state index contributed by atoms with van der Waals surface area (Å²) in [4.78, 5) is 70.1. The maximum atomic E-state index is 12.8. The normalized spacial score (nSPS) is 24.0. The largest absolute Gasteiger partial charge is 0.463 e. The van der Waals surface area contributed by atoms with Gasteiger partial charge in [-0.1, -0.05) is 6.42 Å². The number of nitrogens with two attached hydrogens (primary N) is 1. The molecule has 6 N–H and O–H groups in total. The highest BCUT2D eigenvalue weighted by molar-refractivity contribution is 8.00. The molecular weight excluding hydrogens is 855 g/mol. The molecule has 0 radical (unpaired) electrons. The molecule has 0 spiro atoms. The van der Waals surface area contributed by atoms with E-state index in [0.29, 0.717) is 99.8 Å². The molecule has 4 aliphatic heterocycles. The zero-order chi connectivity index (χ0) is 45.3. The molecule has 3 amide bonds. The molecule has 64 heavy (non-hydrogen) atoms. The number of carbonyl (C=O) groups excluding carboxylic acids is 5. The van der Waals surface area contributed by atoms with E-state index in [-0.39, 0.29) is 56.3 Å². The molecule has 7 atom stereocenters. The summed E-state index contributed by atoms with van der Waals surface area (Å²) in [6, 6.07) is 1.99. The van der Waals surface area contributed by atoms with Crippen LogP contribution < -0.4 is 21.7 Å². The Balaban J connectivity index is 0.729. The highest BCUT2D eigenvalue weighted by Crippen LogP contribution is 2.36. The minimum absolute atomic E-state index is 0.0117. The van der Waals surface area contributed by atoms with Gasteiger partial charge in [0.1, 0.15) is 30.1 Å². The van der Waals surface area contributed by atoms with Crippen LogP contribution in [0.5, 0.6) is 0 Å². The number of aromatic nitrogens is 3. The van der Waals surface area contributed by atoms with Crippen LogP contribution in [0.4, 0.5) is 10.5 Å². The first-order chi connectivity index (χ1) is 31.0. The van der Waals surface area contributed by atoms with E-state index in [0.717, 1.165) is 37.9 Å². The fourth-order valence-corrected chi connectivity index (χ4v) is 9.28. The van der Waals surface area contributed by atoms with E-state index in [1.165, 1.54) is 17.1 Å². The smallest absolute Gasteiger partial charge is 0.315 e. The Hall–Kier alpha value is -4.48. The number of nitrogens with one attached hydrogen (secondary N) is 3. The Morgan fingerprint density at radius 1 is 0.922 bits per heavy atom. The molecule has 21 nitrogen and oxygen atoms in total. The summed E-state index contributed by atoms with van der Waals surface area (Å²) in [5.74, 6) is -0.112. The van der Waals surface area contributed by atoms with Crippen LogP contribution in [0, 0.1) is 0 Å². The number of ether oxygens (including phenoxy) is 6. The topological polar surface area (TPSA) is 278 Å². The molecule has 3 saturated heterocycles. The first-order valence-corrected chi connectivity index (χ1v) is 23.4. The molecule has 6 heterocycles. The zero-order valence-corrected chi connectivity index (χ0v) is 37.3. The van der Waals surface area contributed by atoms with E-state index in [2.05, 4.69) is 36.1 Å². The van der Waals surface area contributed by atoms with Crippen LogP contribution in [-0.2, 0) is 47.6 Å². The lowest BCUT2D eigenvalue weighted by molar-refractivity contribution is -0.160. The first-order valence-electron chi connectivity index (χ1n) is 22.4. The summed E-state index contributed by atoms with van der Waals surface area (Å²) in [7, 11) is 0. The molecule has 22 heteroatoms. The first kappa shape index (κ1) is 49.0. The number of Topliss-reactive ketones (excluding diaryl/α,β-unsaturated/α-hetero) is 1. The van der Waals surface area contributed by atoms with Crippen molar-refractivity contribution in [1.82, 2.24) is 30.5 Å². The third-order valence-electron chi connectivity index (χ3n) is 11.4. The number of fused-ring (bicyclic) bond motifs is 2. The van der Waals surface area contributed by atoms with Gasteiger partial charge in [-0.05, 0) is 51.5 Å². The van der Waals surface area contributed by atoms with Crippen molar-refractivity contribution in [1.29, 1.82) is 0 Å². The standard InChI is InChI=1S/C42H63N9O12S/c1-42(49-50-42)15-13-34(55)63-38-30(62-40(37(38)56)51-26-46-35-28(43)14-17-45-39(35)51)24-61-33(54)12-6-11-32(53)44-16-7-19-59-21-23-60-22-20-58-18-5-4-9-27(52)8-2-3-10-31-36-29(25-64-31)47-41(57)48-36/h14,17,26,29-31,36-38,40,56H,2-13,15-16,18-25H2,1H3,(H2,43,45)(H,44,53)(H2,47,48,57)/t29-,30-,31-,36-,37-,38+,40-/m1/s1. The lowest BCUT2D eigenvalue weighted by Crippen LogP contribution is -2.39. The predicted molar refractivity (Wildman–Crippen MR) is 232 cm³/mol. The van der Waals surface area contributed by atoms with Gasteiger partial charge >= 0.3 is 18.0 Å². The van der Waals surface area contributed by atoms with Crippen LogP contribution in [0.3, 0.4) is 0 Å². The molecule has 3 fully saturated rings. The summed E-state index contributed by atoms with van der Waals surface area (Å²) >= 11 is 1.91. The molecule has 4 aliphatic rings. The van der Waals surface area contributed by atoms with E-state index in [1.807, 2.05) is 11.8 Å². The number of amides is 3. The maximum absolute atomic E-state index is 12.8. The number of anilines is 1. The van der Waals surface area contributed by atoms with Gasteiger partial charge in [0.25, 0.3) is 0 Å². The second-order valence-corrected chi connectivity index (χ2v) is 17.9. The van der Waals surface area contributed by atoms with Gasteiger partial charge in [0.15, 0.2) is 23.6 Å². The van der Waals surface area contributed by atoms with Gasteiger partial charge in [0.2, 0.25) is 5.91 Å². The molecule has 0 saturated carbocycles. The number of aliphatic hydroxyl groups excluding tert-OH is 1. The predicted octanol–water partition coefficient (Wildman–Crippen LogP) is 2.88. The number of unbranched alkanes of at least 4 members (excludes halogenated alkanes) is 2. The number of aliphatic hydroxyl groups is 1. The number of nitrogens with zero attached hydrogens (tertiary/aromatic N) is 5. The maximum Gasteiger partial charge on any atom is 0.315 e. The Kier molecular flexibility index (Phi) is 18.9. The monoisotopic (exact) mass is 917 g/mol. The van der Waals surface area contributed by atoms with Gasteiger partial charge < -0.3 is 55.2 Å². The van der Waals surface area contributed by atoms with Crippen molar-refractivity contribution in [3.8, 4) is 0 Å². The van der Waals surface area contributed by atoms with Crippen LogP contribution in [0.15, 0.2) is 28.8 Å². The molecule has 2 aromatic rings. The number of esters is 2. The van der Waals surface area contributed by atoms with Gasteiger partial charge in [0.05, 0.1) is 50.5 Å². The Bertz CT molecular complexity index is 1900. The van der Waals surface area contributed by atoms with Crippen molar-refractivity contribution >= 4 is 58.3 Å². The summed E-state index contributed by atoms with van der Waals surface area (Å²) < 4.78 is 35.4. The van der Waals surface area contributed by atoms with Crippen molar-refractivity contribution in [2.75, 3.05) is 64.3 Å². The Morgan fingerprint density at radius 3 is 2.42 bits per heavy atom. The van der Waals surface area contributed by atoms with Crippen molar-refractivity contribution in [2.24, 2.45) is 10.2 Å². The summed E-state index contributed by atoms with van der Waals surface area (Å²) in [6.07, 6.45) is 5.40. The molecule has 2 aromatic heterocycles. The molecule has 0 aliphatic carbocycles. The molecule has 0 bridgehead atoms. The van der Waals surface area contributed by atoms with Crippen molar-refractivity contribution in [3.05, 3.63) is 18.6 Å². The number of urea groups is 1. The van der Waals surface area contributed by atoms with E-state index in [1.54, 1.807) is 13.0 Å². The van der Waals surface area contributed by atoms with Gasteiger partial charge in [-0.2, -0.15) is 22.0 Å². The van der Waals surface area contributed by atoms with Crippen molar-refractivity contribution < 1.29 is 57.5 Å². The van der Waals surface area contributed by atoms with E-state index in [4.69, 9.17) is 34.2 Å². The van der Waals surface area contributed by atoms with E-state index in [9.17, 15) is 29.1 Å². The number of thioether (sulfide) groups is 1. The summed E-state index contributed by atoms with van der Waals surface area (Å²) in [6.45, 7) is 4.70. The van der Waals surface area contributed by atoms with E-state index >= 15 is 0 Å². The number of ketones is 1. The molecule has 0 aromatic carbocycles. The highest BCUT2D eigenvalue weighted by atomic mass is 32.2. The number of hydrogen-bond donors (Lipinski definition) is 5. The third-order valence-corrected chi connectivity index (χ3v) is 12.9. The quantitative estimate of drug-likeness (QED) is 0.0413. The van der Waals surface area contributed by atoms with Crippen molar-refractivity contribution in [2.45, 2.75) is 138 Å². The summed E-state index contributed by atoms with van der Waals surface area (Å²) in [5, 5.41) is 28.3. The Morgan fingerprint density at radius 2 is 1.66 bits per heavy atom. The summed E-state index contributed by atoms with van der Waals surface area (Å²) in [5.41, 5.74) is 6.58. The molecule has 6 rings (SSSR count). The highest BCUT2D eigenvalue weighted by Gasteiger charge is 2.49. The lowest BCUT2D eigenvalue weighted by atomic mass is 10.0. The number of carbonyl (C=O) groups is 5. The van der Waals surface area contributed by atoms with Crippen LogP contribution in [-0.4, -0.2) is 149 Å². The average Bonchev–Trinajstić information content (AvgIpc) is 3.57. The minimum Gasteiger partial charge on any atom is -0.463 e. The number of imidazole rings is 1. The molecule has 354 valence electrons. The number of nitrogen functional groups attached to an aromatic ring is 1. The van der Waals surface area contributed by atoms with Crippen LogP contribution >= 0.6 is 11.8 Å². The van der Waals surface area contributed by atoms with Gasteiger partial charge in [-0.25, -0.2) is 14.8 Å². The lowest BCUT2D eigenvalue weighted by Gasteiger charge is -2.21. The van der Waals surface area contributed by atoms with Crippen LogP contribution in [0.1, 0.15) is 96.6 Å². The Labute approximate surface area is 376 Å².